The van der Waals surface area contributed by atoms with E-state index in [-0.39, 0.29) is 5.92 Å². The van der Waals surface area contributed by atoms with Gasteiger partial charge in [0, 0.05) is 12.3 Å². The summed E-state index contributed by atoms with van der Waals surface area (Å²) >= 11 is 0. The molecule has 1 saturated carbocycles. The van der Waals surface area contributed by atoms with Gasteiger partial charge >= 0.3 is 0 Å². The van der Waals surface area contributed by atoms with Gasteiger partial charge in [0.15, 0.2) is 0 Å². The van der Waals surface area contributed by atoms with Gasteiger partial charge in [0.05, 0.1) is 18.2 Å². The summed E-state index contributed by atoms with van der Waals surface area (Å²) in [5.41, 5.74) is 2.25. The summed E-state index contributed by atoms with van der Waals surface area (Å²) in [6.45, 7) is 0. The standard InChI is InChI=1S/C29H35NO2/c1-30(2)29(24-15-8-5-9-16-24,25-17-12-18-26(21-25)32-3)27-19-10-11-20-28(27,31)22-23-13-6-4-7-14-23/h4-9,12-18,21,27,31H,10-11,19-20,22H2,1-3H3. The van der Waals surface area contributed by atoms with Crippen molar-refractivity contribution < 1.29 is 9.84 Å². The van der Waals surface area contributed by atoms with Crippen molar-refractivity contribution in [1.29, 1.82) is 0 Å². The minimum Gasteiger partial charge on any atom is -0.497 e. The van der Waals surface area contributed by atoms with Crippen LogP contribution in [0.25, 0.3) is 0 Å². The van der Waals surface area contributed by atoms with Crippen molar-refractivity contribution >= 4 is 0 Å². The lowest BCUT2D eigenvalue weighted by atomic mass is 9.59. The first kappa shape index (κ1) is 22.6. The molecule has 0 amide bonds. The zero-order valence-electron chi connectivity index (χ0n) is 19.5. The number of ether oxygens (including phenoxy) is 1. The van der Waals surface area contributed by atoms with E-state index >= 15 is 0 Å². The fourth-order valence-electron chi connectivity index (χ4n) is 5.93. The second-order valence-electron chi connectivity index (χ2n) is 9.32. The average Bonchev–Trinajstić information content (AvgIpc) is 2.82. The maximum Gasteiger partial charge on any atom is 0.119 e. The molecule has 1 aliphatic rings. The second-order valence-corrected chi connectivity index (χ2v) is 9.32. The molecule has 0 heterocycles. The molecule has 3 heteroatoms. The summed E-state index contributed by atoms with van der Waals surface area (Å²) in [4.78, 5) is 2.31. The minimum absolute atomic E-state index is 0.0217. The first-order valence-electron chi connectivity index (χ1n) is 11.6. The normalized spacial score (nSPS) is 23.0. The van der Waals surface area contributed by atoms with Crippen molar-refractivity contribution in [2.45, 2.75) is 43.2 Å². The molecule has 0 aliphatic heterocycles. The summed E-state index contributed by atoms with van der Waals surface area (Å²) in [7, 11) is 6.00. The summed E-state index contributed by atoms with van der Waals surface area (Å²) in [6, 6.07) is 29.5. The third-order valence-corrected chi connectivity index (χ3v) is 7.29. The monoisotopic (exact) mass is 429 g/mol. The molecule has 0 aromatic heterocycles. The number of rotatable bonds is 7. The lowest BCUT2D eigenvalue weighted by Crippen LogP contribution is -2.59. The number of benzene rings is 3. The Balaban J connectivity index is 1.93. The SMILES string of the molecule is COc1cccc(C(c2ccccc2)(C2CCCCC2(O)Cc2ccccc2)N(C)C)c1. The number of nitrogens with zero attached hydrogens (tertiary/aromatic N) is 1. The lowest BCUT2D eigenvalue weighted by molar-refractivity contribution is -0.101. The third-order valence-electron chi connectivity index (χ3n) is 7.29. The van der Waals surface area contributed by atoms with Gasteiger partial charge in [-0.2, -0.15) is 0 Å². The number of aliphatic hydroxyl groups is 1. The zero-order chi connectivity index (χ0) is 22.6. The molecule has 3 nitrogen and oxygen atoms in total. The maximum absolute atomic E-state index is 12.4. The van der Waals surface area contributed by atoms with Crippen molar-refractivity contribution in [2.75, 3.05) is 21.2 Å². The van der Waals surface area contributed by atoms with E-state index in [9.17, 15) is 5.11 Å². The van der Waals surface area contributed by atoms with Crippen LogP contribution < -0.4 is 4.74 Å². The minimum atomic E-state index is -0.817. The Hall–Kier alpha value is -2.62. The molecule has 3 atom stereocenters. The molecule has 1 N–H and O–H groups in total. The molecule has 32 heavy (non-hydrogen) atoms. The summed E-state index contributed by atoms with van der Waals surface area (Å²) in [5.74, 6) is 0.862. The summed E-state index contributed by atoms with van der Waals surface area (Å²) < 4.78 is 5.62. The average molecular weight is 430 g/mol. The number of hydrogen-bond donors (Lipinski definition) is 1. The Labute approximate surface area is 192 Å². The van der Waals surface area contributed by atoms with E-state index in [2.05, 4.69) is 91.8 Å². The molecule has 0 radical (unpaired) electrons. The predicted molar refractivity (Wildman–Crippen MR) is 131 cm³/mol. The molecule has 1 fully saturated rings. The van der Waals surface area contributed by atoms with Gasteiger partial charge in [-0.3, -0.25) is 4.90 Å². The molecule has 168 valence electrons. The van der Waals surface area contributed by atoms with Crippen LogP contribution in [0.2, 0.25) is 0 Å². The van der Waals surface area contributed by atoms with Crippen LogP contribution in [-0.2, 0) is 12.0 Å². The Morgan fingerprint density at radius 3 is 2.22 bits per heavy atom. The van der Waals surface area contributed by atoms with E-state index in [1.54, 1.807) is 7.11 Å². The van der Waals surface area contributed by atoms with Crippen LogP contribution in [0.5, 0.6) is 5.75 Å². The molecule has 0 saturated heterocycles. The second kappa shape index (κ2) is 9.48. The Bertz CT molecular complexity index is 1000. The van der Waals surface area contributed by atoms with Crippen LogP contribution in [0, 0.1) is 5.92 Å². The van der Waals surface area contributed by atoms with Gasteiger partial charge in [-0.25, -0.2) is 0 Å². The van der Waals surface area contributed by atoms with Crippen molar-refractivity contribution in [3.63, 3.8) is 0 Å². The smallest absolute Gasteiger partial charge is 0.119 e. The molecule has 0 spiro atoms. The zero-order valence-corrected chi connectivity index (χ0v) is 19.5. The fraction of sp³-hybridized carbons (Fsp3) is 0.379. The van der Waals surface area contributed by atoms with Gasteiger partial charge in [0.25, 0.3) is 0 Å². The molecule has 0 bridgehead atoms. The van der Waals surface area contributed by atoms with Crippen LogP contribution in [0.3, 0.4) is 0 Å². The van der Waals surface area contributed by atoms with Gasteiger partial charge in [0.1, 0.15) is 5.75 Å². The van der Waals surface area contributed by atoms with Crippen LogP contribution in [0.15, 0.2) is 84.9 Å². The molecular weight excluding hydrogens is 394 g/mol. The van der Waals surface area contributed by atoms with E-state index in [4.69, 9.17) is 4.74 Å². The van der Waals surface area contributed by atoms with Gasteiger partial charge in [-0.15, -0.1) is 0 Å². The first-order valence-corrected chi connectivity index (χ1v) is 11.6. The fourth-order valence-corrected chi connectivity index (χ4v) is 5.93. The molecule has 1 aliphatic carbocycles. The number of methoxy groups -OCH3 is 1. The van der Waals surface area contributed by atoms with Crippen molar-refractivity contribution in [2.24, 2.45) is 5.92 Å². The highest BCUT2D eigenvalue weighted by atomic mass is 16.5. The summed E-state index contributed by atoms with van der Waals surface area (Å²) in [5, 5.41) is 12.4. The summed E-state index contributed by atoms with van der Waals surface area (Å²) in [6.07, 6.45) is 4.60. The van der Waals surface area contributed by atoms with Gasteiger partial charge < -0.3 is 9.84 Å². The first-order chi connectivity index (χ1) is 15.5. The third kappa shape index (κ3) is 4.07. The molecule has 4 rings (SSSR count). The van der Waals surface area contributed by atoms with Crippen LogP contribution in [0.4, 0.5) is 0 Å². The van der Waals surface area contributed by atoms with Crippen LogP contribution in [0.1, 0.15) is 42.4 Å². The molecule has 3 aromatic rings. The highest BCUT2D eigenvalue weighted by Crippen LogP contribution is 2.52. The molecule has 3 unspecified atom stereocenters. The Morgan fingerprint density at radius 1 is 0.906 bits per heavy atom. The van der Waals surface area contributed by atoms with E-state index in [0.29, 0.717) is 6.42 Å². The highest BCUT2D eigenvalue weighted by molar-refractivity contribution is 5.44. The largest absolute Gasteiger partial charge is 0.497 e. The topological polar surface area (TPSA) is 32.7 Å². The molecular formula is C29H35NO2. The maximum atomic E-state index is 12.4. The number of hydrogen-bond acceptors (Lipinski definition) is 3. The van der Waals surface area contributed by atoms with Crippen LogP contribution >= 0.6 is 0 Å². The van der Waals surface area contributed by atoms with Crippen LogP contribution in [-0.4, -0.2) is 36.8 Å². The van der Waals surface area contributed by atoms with Gasteiger partial charge in [-0.05, 0) is 55.8 Å². The van der Waals surface area contributed by atoms with Gasteiger partial charge in [0.2, 0.25) is 0 Å². The van der Waals surface area contributed by atoms with E-state index in [1.807, 2.05) is 12.1 Å². The van der Waals surface area contributed by atoms with E-state index in [0.717, 1.165) is 37.0 Å². The van der Waals surface area contributed by atoms with E-state index < -0.39 is 11.1 Å². The van der Waals surface area contributed by atoms with Crippen molar-refractivity contribution in [3.8, 4) is 5.75 Å². The predicted octanol–water partition coefficient (Wildman–Crippen LogP) is 5.66. The quantitative estimate of drug-likeness (QED) is 0.526. The Kier molecular flexibility index (Phi) is 6.68. The van der Waals surface area contributed by atoms with Crippen molar-refractivity contribution in [3.05, 3.63) is 102 Å². The molecule has 3 aromatic carbocycles. The highest BCUT2D eigenvalue weighted by Gasteiger charge is 2.54. The van der Waals surface area contributed by atoms with Crippen molar-refractivity contribution in [1.82, 2.24) is 4.90 Å². The van der Waals surface area contributed by atoms with E-state index in [1.165, 1.54) is 11.1 Å². The van der Waals surface area contributed by atoms with Gasteiger partial charge in [-0.1, -0.05) is 85.6 Å². The Morgan fingerprint density at radius 2 is 1.56 bits per heavy atom. The lowest BCUT2D eigenvalue weighted by Gasteiger charge is -2.55.